The number of anilines is 1. The molecule has 2 heterocycles. The fraction of sp³-hybridized carbons (Fsp3) is 0.294. The number of benzene rings is 1. The quantitative estimate of drug-likeness (QED) is 0.777. The number of rotatable bonds is 5. The van der Waals surface area contributed by atoms with Gasteiger partial charge in [0.25, 0.3) is 0 Å². The minimum atomic E-state index is -0.307. The molecule has 7 heteroatoms. The van der Waals surface area contributed by atoms with Gasteiger partial charge in [0.2, 0.25) is 5.65 Å². The van der Waals surface area contributed by atoms with Gasteiger partial charge in [0.1, 0.15) is 0 Å². The molecule has 1 N–H and O–H groups in total. The second-order valence-electron chi connectivity index (χ2n) is 5.44. The Kier molecular flexibility index (Phi) is 4.29. The Morgan fingerprint density at radius 3 is 2.92 bits per heavy atom. The molecule has 0 atom stereocenters. The van der Waals surface area contributed by atoms with Gasteiger partial charge in [0, 0.05) is 24.8 Å². The highest BCUT2D eigenvalue weighted by Crippen LogP contribution is 2.24. The lowest BCUT2D eigenvalue weighted by atomic mass is 10.1. The van der Waals surface area contributed by atoms with Crippen molar-refractivity contribution in [2.45, 2.75) is 20.3 Å². The fourth-order valence-electron chi connectivity index (χ4n) is 2.68. The molecule has 0 saturated heterocycles. The summed E-state index contributed by atoms with van der Waals surface area (Å²) in [4.78, 5) is 18.9. The first kappa shape index (κ1) is 15.7. The number of aromatic amines is 1. The van der Waals surface area contributed by atoms with Gasteiger partial charge in [0.15, 0.2) is 5.82 Å². The molecule has 122 valence electrons. The molecule has 1 aromatic carbocycles. The lowest BCUT2D eigenvalue weighted by molar-refractivity contribution is 0.778. The van der Waals surface area contributed by atoms with Gasteiger partial charge in [0.05, 0.1) is 17.3 Å². The largest absolute Gasteiger partial charge is 0.354 e. The van der Waals surface area contributed by atoms with E-state index >= 15 is 0 Å². The summed E-state index contributed by atoms with van der Waals surface area (Å²) < 4.78 is 1.47. The molecule has 3 aromatic rings. The van der Waals surface area contributed by atoms with Crippen LogP contribution in [0.5, 0.6) is 0 Å². The molecular formula is C17H18N6O. The van der Waals surface area contributed by atoms with Gasteiger partial charge in [-0.25, -0.2) is 19.3 Å². The number of nitrogens with zero attached hydrogens (tertiary/aromatic N) is 5. The Balaban J connectivity index is 2.24. The van der Waals surface area contributed by atoms with Crippen LogP contribution in [0.4, 0.5) is 5.82 Å². The monoisotopic (exact) mass is 322 g/mol. The molecule has 0 saturated carbocycles. The zero-order valence-corrected chi connectivity index (χ0v) is 13.7. The molecule has 0 aliphatic carbocycles. The first-order valence-corrected chi connectivity index (χ1v) is 7.91. The summed E-state index contributed by atoms with van der Waals surface area (Å²) >= 11 is 0. The first-order valence-electron chi connectivity index (χ1n) is 7.91. The summed E-state index contributed by atoms with van der Waals surface area (Å²) in [5.74, 6) is 0.664. The van der Waals surface area contributed by atoms with Crippen LogP contribution in [0.1, 0.15) is 25.8 Å². The van der Waals surface area contributed by atoms with Crippen LogP contribution in [-0.2, 0) is 0 Å². The van der Waals surface area contributed by atoms with Crippen molar-refractivity contribution in [3.05, 3.63) is 46.5 Å². The van der Waals surface area contributed by atoms with E-state index in [1.54, 1.807) is 24.4 Å². The molecule has 0 aliphatic heterocycles. The van der Waals surface area contributed by atoms with E-state index < -0.39 is 0 Å². The first-order chi connectivity index (χ1) is 11.7. The number of H-pyrrole nitrogens is 1. The van der Waals surface area contributed by atoms with Crippen LogP contribution >= 0.6 is 0 Å². The van der Waals surface area contributed by atoms with E-state index in [0.717, 1.165) is 25.1 Å². The van der Waals surface area contributed by atoms with E-state index in [-0.39, 0.29) is 5.69 Å². The lowest BCUT2D eigenvalue weighted by Crippen LogP contribution is -2.26. The van der Waals surface area contributed by atoms with Crippen molar-refractivity contribution in [1.82, 2.24) is 19.6 Å². The molecule has 0 fully saturated rings. The Bertz CT molecular complexity index is 965. The van der Waals surface area contributed by atoms with Crippen molar-refractivity contribution in [2.75, 3.05) is 18.0 Å². The second-order valence-corrected chi connectivity index (χ2v) is 5.44. The molecule has 0 bridgehead atoms. The third kappa shape index (κ3) is 2.74. The summed E-state index contributed by atoms with van der Waals surface area (Å²) in [6.45, 7) is 5.72. The van der Waals surface area contributed by atoms with Gasteiger partial charge in [-0.1, -0.05) is 19.1 Å². The van der Waals surface area contributed by atoms with Crippen LogP contribution in [-0.4, -0.2) is 32.7 Å². The molecule has 7 nitrogen and oxygen atoms in total. The third-order valence-electron chi connectivity index (χ3n) is 3.84. The predicted octanol–water partition coefficient (Wildman–Crippen LogP) is 2.19. The standard InChI is InChI=1S/C17H18N6O/c1-3-8-22(4-2)15-16-20-21-17(24)23(16)11-14(19-15)13-7-5-6-12(9-13)10-18/h5-7,9,11H,3-4,8H2,1-2H3,(H,21,24). The number of hydrogen-bond donors (Lipinski definition) is 1. The van der Waals surface area contributed by atoms with Gasteiger partial charge in [-0.2, -0.15) is 5.26 Å². The summed E-state index contributed by atoms with van der Waals surface area (Å²) in [6.07, 6.45) is 2.62. The number of fused-ring (bicyclic) bond motifs is 1. The molecule has 3 rings (SSSR count). The van der Waals surface area contributed by atoms with Crippen molar-refractivity contribution in [2.24, 2.45) is 0 Å². The minimum absolute atomic E-state index is 0.307. The third-order valence-corrected chi connectivity index (χ3v) is 3.84. The molecule has 0 spiro atoms. The summed E-state index contributed by atoms with van der Waals surface area (Å²) in [7, 11) is 0. The van der Waals surface area contributed by atoms with Gasteiger partial charge in [-0.3, -0.25) is 0 Å². The van der Waals surface area contributed by atoms with Crippen molar-refractivity contribution in [1.29, 1.82) is 5.26 Å². The van der Waals surface area contributed by atoms with Crippen molar-refractivity contribution < 1.29 is 0 Å². The van der Waals surface area contributed by atoms with E-state index in [1.165, 1.54) is 4.40 Å². The van der Waals surface area contributed by atoms with E-state index in [9.17, 15) is 4.79 Å². The van der Waals surface area contributed by atoms with E-state index in [1.807, 2.05) is 13.0 Å². The number of nitrogens with one attached hydrogen (secondary N) is 1. The SMILES string of the molecule is CCCN(CC)c1nc(-c2cccc(C#N)c2)cn2c(=O)[nH]nc12. The van der Waals surface area contributed by atoms with Gasteiger partial charge < -0.3 is 4.90 Å². The van der Waals surface area contributed by atoms with Gasteiger partial charge in [-0.15, -0.1) is 5.10 Å². The van der Waals surface area contributed by atoms with Crippen molar-refractivity contribution >= 4 is 11.5 Å². The number of aromatic nitrogens is 4. The summed E-state index contributed by atoms with van der Waals surface area (Å²) in [5, 5.41) is 15.7. The zero-order valence-electron chi connectivity index (χ0n) is 13.7. The van der Waals surface area contributed by atoms with E-state index in [0.29, 0.717) is 22.7 Å². The highest BCUT2D eigenvalue weighted by Gasteiger charge is 2.16. The zero-order chi connectivity index (χ0) is 17.1. The Morgan fingerprint density at radius 1 is 1.38 bits per heavy atom. The minimum Gasteiger partial charge on any atom is -0.354 e. The maximum absolute atomic E-state index is 12.1. The van der Waals surface area contributed by atoms with Crippen molar-refractivity contribution in [3.63, 3.8) is 0 Å². The molecule has 0 aliphatic rings. The Labute approximate surface area is 139 Å². The Morgan fingerprint density at radius 2 is 2.21 bits per heavy atom. The highest BCUT2D eigenvalue weighted by atomic mass is 16.1. The lowest BCUT2D eigenvalue weighted by Gasteiger charge is -2.22. The molecule has 0 radical (unpaired) electrons. The van der Waals surface area contributed by atoms with Crippen LogP contribution in [0.2, 0.25) is 0 Å². The van der Waals surface area contributed by atoms with Crippen LogP contribution in [0.3, 0.4) is 0 Å². The molecule has 0 amide bonds. The van der Waals surface area contributed by atoms with Crippen LogP contribution in [0.25, 0.3) is 16.9 Å². The maximum Gasteiger partial charge on any atom is 0.347 e. The number of hydrogen-bond acceptors (Lipinski definition) is 5. The maximum atomic E-state index is 12.1. The smallest absolute Gasteiger partial charge is 0.347 e. The van der Waals surface area contributed by atoms with E-state index in [2.05, 4.69) is 28.1 Å². The fourth-order valence-corrected chi connectivity index (χ4v) is 2.68. The Hall–Kier alpha value is -3.14. The van der Waals surface area contributed by atoms with Crippen LogP contribution < -0.4 is 10.6 Å². The summed E-state index contributed by atoms with van der Waals surface area (Å²) in [5.41, 5.74) is 2.18. The molecular weight excluding hydrogens is 304 g/mol. The normalized spacial score (nSPS) is 10.7. The van der Waals surface area contributed by atoms with Crippen LogP contribution in [0.15, 0.2) is 35.3 Å². The average molecular weight is 322 g/mol. The van der Waals surface area contributed by atoms with Gasteiger partial charge >= 0.3 is 5.69 Å². The summed E-state index contributed by atoms with van der Waals surface area (Å²) in [6, 6.07) is 9.31. The van der Waals surface area contributed by atoms with E-state index in [4.69, 9.17) is 10.2 Å². The van der Waals surface area contributed by atoms with Crippen molar-refractivity contribution in [3.8, 4) is 17.3 Å². The average Bonchev–Trinajstić information content (AvgIpc) is 3.00. The highest BCUT2D eigenvalue weighted by molar-refractivity contribution is 5.70. The van der Waals surface area contributed by atoms with Gasteiger partial charge in [-0.05, 0) is 25.5 Å². The molecule has 24 heavy (non-hydrogen) atoms. The number of nitriles is 1. The van der Waals surface area contributed by atoms with Crippen LogP contribution in [0, 0.1) is 11.3 Å². The molecule has 0 unspecified atom stereocenters. The topological polar surface area (TPSA) is 90.1 Å². The second kappa shape index (κ2) is 6.54. The molecule has 2 aromatic heterocycles. The predicted molar refractivity (Wildman–Crippen MR) is 91.9 cm³/mol.